The molecule has 12 heteroatoms. The largest absolute Gasteiger partial charge is 0.381 e. The molecule has 6 rings (SSSR count). The number of fused-ring (bicyclic) bond motifs is 1. The van der Waals surface area contributed by atoms with Gasteiger partial charge in [0.1, 0.15) is 41.4 Å². The molecule has 1 N–H and O–H groups in total. The summed E-state index contributed by atoms with van der Waals surface area (Å²) in [6, 6.07) is 10.5. The third kappa shape index (κ3) is 4.51. The number of β-amino-alcohol motifs (C(OH)–C–C–N with tert-alkyl or cyclic N) is 1. The van der Waals surface area contributed by atoms with E-state index in [1.165, 1.54) is 34.4 Å². The fraction of sp³-hybridized carbons (Fsp3) is 0.179. The number of halogens is 3. The predicted molar refractivity (Wildman–Crippen MR) is 137 cm³/mol. The van der Waals surface area contributed by atoms with Crippen LogP contribution in [-0.4, -0.2) is 52.0 Å². The second-order valence-corrected chi connectivity index (χ2v) is 9.66. The fourth-order valence-corrected chi connectivity index (χ4v) is 5.12. The summed E-state index contributed by atoms with van der Waals surface area (Å²) in [5.41, 5.74) is 1.06. The molecular weight excluding hydrogens is 523 g/mol. The summed E-state index contributed by atoms with van der Waals surface area (Å²) in [7, 11) is 1.74. The van der Waals surface area contributed by atoms with Crippen molar-refractivity contribution >= 4 is 5.91 Å². The molecule has 1 unspecified atom stereocenters. The van der Waals surface area contributed by atoms with Gasteiger partial charge in [0.15, 0.2) is 0 Å². The molecule has 40 heavy (non-hydrogen) atoms. The zero-order valence-corrected chi connectivity index (χ0v) is 21.2. The van der Waals surface area contributed by atoms with E-state index in [1.54, 1.807) is 42.3 Å². The number of benzene rings is 2. The van der Waals surface area contributed by atoms with Gasteiger partial charge in [-0.2, -0.15) is 10.2 Å². The fourth-order valence-electron chi connectivity index (χ4n) is 5.12. The van der Waals surface area contributed by atoms with Gasteiger partial charge in [-0.3, -0.25) is 14.5 Å². The lowest BCUT2D eigenvalue weighted by molar-refractivity contribution is -0.0175. The lowest BCUT2D eigenvalue weighted by Crippen LogP contribution is -2.45. The minimum atomic E-state index is -1.98. The molecule has 0 saturated heterocycles. The van der Waals surface area contributed by atoms with Crippen molar-refractivity contribution in [3.63, 3.8) is 0 Å². The number of nitrogens with zero attached hydrogens (tertiary/aromatic N) is 7. The Morgan fingerprint density at radius 1 is 1.00 bits per heavy atom. The van der Waals surface area contributed by atoms with Gasteiger partial charge in [-0.05, 0) is 36.4 Å². The van der Waals surface area contributed by atoms with Crippen LogP contribution >= 0.6 is 0 Å². The van der Waals surface area contributed by atoms with Crippen LogP contribution in [0.25, 0.3) is 22.4 Å². The Kier molecular flexibility index (Phi) is 6.18. The summed E-state index contributed by atoms with van der Waals surface area (Å²) in [6.45, 7) is -0.522. The summed E-state index contributed by atoms with van der Waals surface area (Å²) in [5.74, 6) is -2.56. The monoisotopic (exact) mass is 545 g/mol. The number of pyridine rings is 1. The zero-order valence-electron chi connectivity index (χ0n) is 21.2. The number of aromatic nitrogens is 6. The topological polar surface area (TPSA) is 102 Å². The molecule has 5 aromatic rings. The summed E-state index contributed by atoms with van der Waals surface area (Å²) >= 11 is 0. The number of carbonyl (C=O) groups is 1. The molecule has 202 valence electrons. The molecule has 2 aromatic carbocycles. The molecule has 1 aliphatic rings. The molecule has 0 saturated carbocycles. The van der Waals surface area contributed by atoms with E-state index in [0.717, 1.165) is 12.1 Å². The minimum Gasteiger partial charge on any atom is -0.381 e. The highest BCUT2D eigenvalue weighted by molar-refractivity contribution is 6.05. The Morgan fingerprint density at radius 3 is 2.50 bits per heavy atom. The number of hydrogen-bond acceptors (Lipinski definition) is 6. The van der Waals surface area contributed by atoms with Gasteiger partial charge in [0.25, 0.3) is 5.91 Å². The Bertz CT molecular complexity index is 1720. The van der Waals surface area contributed by atoms with Crippen LogP contribution in [0.3, 0.4) is 0 Å². The van der Waals surface area contributed by atoms with Gasteiger partial charge in [-0.15, -0.1) is 0 Å². The number of hydrogen-bond donors (Lipinski definition) is 1. The standard InChI is InChI=1S/C28H22F3N7O2/c1-36-11-21(26(35-36)17-2-4-18(29)5-3-17)20-8-9-33-24-12-37(27(39)25(20)24)13-28(40,14-38-16-32-15-34-38)22-7-6-19(30)10-23(22)31/h2-11,15-16,40H,12-14H2,1H3. The van der Waals surface area contributed by atoms with Crippen LogP contribution in [0.15, 0.2) is 73.6 Å². The SMILES string of the molecule is Cn1cc(-c2ccnc3c2C(=O)N(CC(O)(Cn2cncn2)c2ccc(F)cc2F)C3)c(-c2ccc(F)cc2)n1. The average Bonchev–Trinajstić information content (AvgIpc) is 3.64. The second kappa shape index (κ2) is 9.72. The number of amides is 1. The second-order valence-electron chi connectivity index (χ2n) is 9.66. The Labute approximate surface area is 226 Å². The van der Waals surface area contributed by atoms with Crippen LogP contribution in [0.5, 0.6) is 0 Å². The van der Waals surface area contributed by atoms with Crippen molar-refractivity contribution in [2.24, 2.45) is 7.05 Å². The molecule has 0 fully saturated rings. The Morgan fingerprint density at radius 2 is 1.77 bits per heavy atom. The van der Waals surface area contributed by atoms with Crippen molar-refractivity contribution in [2.45, 2.75) is 18.7 Å². The number of rotatable bonds is 7. The molecule has 0 bridgehead atoms. The van der Waals surface area contributed by atoms with Gasteiger partial charge >= 0.3 is 0 Å². The maximum atomic E-state index is 14.9. The third-order valence-electron chi connectivity index (χ3n) is 6.88. The van der Waals surface area contributed by atoms with E-state index in [1.807, 2.05) is 0 Å². The van der Waals surface area contributed by atoms with Gasteiger partial charge in [0.2, 0.25) is 0 Å². The maximum absolute atomic E-state index is 14.9. The molecule has 4 heterocycles. The van der Waals surface area contributed by atoms with E-state index < -0.39 is 23.1 Å². The van der Waals surface area contributed by atoms with Crippen molar-refractivity contribution in [3.8, 4) is 22.4 Å². The summed E-state index contributed by atoms with van der Waals surface area (Å²) in [6.07, 6.45) is 5.96. The number of carbonyl (C=O) groups excluding carboxylic acids is 1. The van der Waals surface area contributed by atoms with Crippen molar-refractivity contribution in [1.29, 1.82) is 0 Å². The van der Waals surface area contributed by atoms with Gasteiger partial charge in [0.05, 0.1) is 30.9 Å². The van der Waals surface area contributed by atoms with Gasteiger partial charge in [-0.1, -0.05) is 6.07 Å². The Balaban J connectivity index is 1.38. The summed E-state index contributed by atoms with van der Waals surface area (Å²) in [4.78, 5) is 23.5. The quantitative estimate of drug-likeness (QED) is 0.335. The molecule has 0 spiro atoms. The molecule has 1 atom stereocenters. The smallest absolute Gasteiger partial charge is 0.256 e. The molecular formula is C28H22F3N7O2. The van der Waals surface area contributed by atoms with E-state index in [2.05, 4.69) is 20.2 Å². The summed E-state index contributed by atoms with van der Waals surface area (Å²) in [5, 5.41) is 20.3. The van der Waals surface area contributed by atoms with E-state index in [9.17, 15) is 23.1 Å². The average molecular weight is 546 g/mol. The number of aryl methyl sites for hydroxylation is 1. The minimum absolute atomic E-state index is 0.0522. The van der Waals surface area contributed by atoms with Crippen molar-refractivity contribution in [1.82, 2.24) is 34.4 Å². The highest BCUT2D eigenvalue weighted by Crippen LogP contribution is 2.38. The normalized spacial score (nSPS) is 14.4. The maximum Gasteiger partial charge on any atom is 0.256 e. The number of aliphatic hydroxyl groups is 1. The molecule has 1 amide bonds. The first-order valence-electron chi connectivity index (χ1n) is 12.3. The van der Waals surface area contributed by atoms with E-state index in [0.29, 0.717) is 39.7 Å². The van der Waals surface area contributed by atoms with Gasteiger partial charge in [0, 0.05) is 47.8 Å². The molecule has 0 aliphatic carbocycles. The highest BCUT2D eigenvalue weighted by atomic mass is 19.1. The highest BCUT2D eigenvalue weighted by Gasteiger charge is 2.41. The van der Waals surface area contributed by atoms with Crippen LogP contribution in [0.4, 0.5) is 13.2 Å². The van der Waals surface area contributed by atoms with Gasteiger partial charge < -0.3 is 10.0 Å². The third-order valence-corrected chi connectivity index (χ3v) is 6.88. The predicted octanol–water partition coefficient (Wildman–Crippen LogP) is 3.70. The molecule has 9 nitrogen and oxygen atoms in total. The van der Waals surface area contributed by atoms with Crippen LogP contribution in [-0.2, 0) is 25.7 Å². The lowest BCUT2D eigenvalue weighted by Gasteiger charge is -2.33. The van der Waals surface area contributed by atoms with Crippen LogP contribution < -0.4 is 0 Å². The lowest BCUT2D eigenvalue weighted by atomic mass is 9.92. The van der Waals surface area contributed by atoms with E-state index >= 15 is 0 Å². The zero-order chi connectivity index (χ0) is 28.0. The molecule has 0 radical (unpaired) electrons. The van der Waals surface area contributed by atoms with Gasteiger partial charge in [-0.25, -0.2) is 22.8 Å². The van der Waals surface area contributed by atoms with Crippen molar-refractivity contribution in [3.05, 3.63) is 108 Å². The first-order valence-corrected chi connectivity index (χ1v) is 12.3. The van der Waals surface area contributed by atoms with Crippen LogP contribution in [0.1, 0.15) is 21.6 Å². The van der Waals surface area contributed by atoms with Crippen LogP contribution in [0.2, 0.25) is 0 Å². The first kappa shape index (κ1) is 25.4. The van der Waals surface area contributed by atoms with E-state index in [-0.39, 0.29) is 31.0 Å². The van der Waals surface area contributed by atoms with Crippen molar-refractivity contribution in [2.75, 3.05) is 6.54 Å². The molecule has 1 aliphatic heterocycles. The van der Waals surface area contributed by atoms with E-state index in [4.69, 9.17) is 0 Å². The Hall–Kier alpha value is -4.84. The molecule has 3 aromatic heterocycles. The summed E-state index contributed by atoms with van der Waals surface area (Å²) < 4.78 is 45.1. The van der Waals surface area contributed by atoms with Crippen molar-refractivity contribution < 1.29 is 23.1 Å². The first-order chi connectivity index (χ1) is 19.2. The van der Waals surface area contributed by atoms with Crippen LogP contribution in [0, 0.1) is 17.5 Å².